The van der Waals surface area contributed by atoms with E-state index in [1.807, 2.05) is 19.9 Å². The Morgan fingerprint density at radius 3 is 2.47 bits per heavy atom. The molecule has 0 saturated heterocycles. The van der Waals surface area contributed by atoms with Crippen LogP contribution in [0.5, 0.6) is 5.75 Å². The van der Waals surface area contributed by atoms with Gasteiger partial charge in [0.05, 0.1) is 17.4 Å². The van der Waals surface area contributed by atoms with Crippen molar-refractivity contribution in [3.8, 4) is 11.8 Å². The van der Waals surface area contributed by atoms with Gasteiger partial charge in [0.25, 0.3) is 0 Å². The molecule has 1 rings (SSSR count). The fraction of sp³-hybridized carbons (Fsp3) is 0.545. The summed E-state index contributed by atoms with van der Waals surface area (Å²) < 4.78 is 17.5. The van der Waals surface area contributed by atoms with Crippen LogP contribution in [-0.2, 0) is 20.9 Å². The molecule has 0 amide bonds. The predicted octanol–water partition coefficient (Wildman–Crippen LogP) is 4.41. The quantitative estimate of drug-likeness (QED) is 0.517. The van der Waals surface area contributed by atoms with Crippen LogP contribution in [0.4, 0.5) is 0 Å². The molecule has 0 unspecified atom stereocenters. The van der Waals surface area contributed by atoms with E-state index in [4.69, 9.17) is 30.6 Å². The first kappa shape index (κ1) is 17.0. The number of hydrogen-bond acceptors (Lipinski definition) is 7. The SMILES string of the molecule is CCOP(=S)(OCC)Oc1cc(SCC)sc1C#N. The number of nitriles is 1. The van der Waals surface area contributed by atoms with E-state index in [1.165, 1.54) is 11.3 Å². The second-order valence-corrected chi connectivity index (χ2v) is 8.73. The molecule has 0 aromatic carbocycles. The second-order valence-electron chi connectivity index (χ2n) is 3.18. The van der Waals surface area contributed by atoms with Crippen molar-refractivity contribution < 1.29 is 13.6 Å². The van der Waals surface area contributed by atoms with Gasteiger partial charge in [0.1, 0.15) is 10.9 Å². The minimum Gasteiger partial charge on any atom is -0.422 e. The minimum absolute atomic E-state index is 0.417. The molecule has 1 heterocycles. The predicted molar refractivity (Wildman–Crippen MR) is 83.6 cm³/mol. The largest absolute Gasteiger partial charge is 0.422 e. The van der Waals surface area contributed by atoms with Crippen molar-refractivity contribution >= 4 is 41.6 Å². The van der Waals surface area contributed by atoms with E-state index < -0.39 is 6.72 Å². The number of rotatable bonds is 8. The topological polar surface area (TPSA) is 51.5 Å². The Balaban J connectivity index is 2.95. The maximum atomic E-state index is 9.12. The van der Waals surface area contributed by atoms with Crippen molar-refractivity contribution in [2.24, 2.45) is 0 Å². The Hall–Kier alpha value is -0.0900. The third-order valence-electron chi connectivity index (χ3n) is 1.85. The van der Waals surface area contributed by atoms with Crippen molar-refractivity contribution in [2.75, 3.05) is 19.0 Å². The zero-order valence-electron chi connectivity index (χ0n) is 11.0. The molecule has 0 aliphatic heterocycles. The third kappa shape index (κ3) is 5.07. The lowest BCUT2D eigenvalue weighted by molar-refractivity contribution is 0.218. The van der Waals surface area contributed by atoms with Crippen molar-refractivity contribution in [3.63, 3.8) is 0 Å². The Labute approximate surface area is 127 Å². The molecule has 19 heavy (non-hydrogen) atoms. The zero-order chi connectivity index (χ0) is 14.3. The van der Waals surface area contributed by atoms with Crippen LogP contribution in [-0.4, -0.2) is 19.0 Å². The summed E-state index contributed by atoms with van der Waals surface area (Å²) in [6.07, 6.45) is 0. The van der Waals surface area contributed by atoms with Crippen LogP contribution in [0.1, 0.15) is 25.6 Å². The van der Waals surface area contributed by atoms with Crippen molar-refractivity contribution in [2.45, 2.75) is 25.0 Å². The van der Waals surface area contributed by atoms with E-state index in [1.54, 1.807) is 11.8 Å². The first-order valence-electron chi connectivity index (χ1n) is 5.84. The smallest absolute Gasteiger partial charge is 0.380 e. The summed E-state index contributed by atoms with van der Waals surface area (Å²) in [7, 11) is 0. The molecule has 0 fully saturated rings. The van der Waals surface area contributed by atoms with Gasteiger partial charge in [0.15, 0.2) is 5.75 Å². The maximum absolute atomic E-state index is 9.12. The summed E-state index contributed by atoms with van der Waals surface area (Å²) in [5, 5.41) is 9.12. The molecule has 106 valence electrons. The van der Waals surface area contributed by atoms with Crippen LogP contribution in [0.3, 0.4) is 0 Å². The lowest BCUT2D eigenvalue weighted by Crippen LogP contribution is -2.02. The van der Waals surface area contributed by atoms with Gasteiger partial charge >= 0.3 is 6.72 Å². The highest BCUT2D eigenvalue weighted by Gasteiger charge is 2.24. The fourth-order valence-corrected chi connectivity index (χ4v) is 5.30. The summed E-state index contributed by atoms with van der Waals surface area (Å²) >= 11 is 8.36. The van der Waals surface area contributed by atoms with E-state index in [0.29, 0.717) is 23.8 Å². The van der Waals surface area contributed by atoms with E-state index in [0.717, 1.165) is 9.96 Å². The van der Waals surface area contributed by atoms with Crippen LogP contribution in [0.15, 0.2) is 10.3 Å². The standard InChI is InChI=1S/C11H16NO3PS3/c1-4-13-16(17,14-5-2)15-9-7-11(18-6-3)19-10(9)8-12/h7H,4-6H2,1-3H3. The average molecular weight is 337 g/mol. The molecule has 0 radical (unpaired) electrons. The van der Waals surface area contributed by atoms with Crippen LogP contribution in [0, 0.1) is 11.3 Å². The molecule has 8 heteroatoms. The average Bonchev–Trinajstić information content (AvgIpc) is 2.71. The van der Waals surface area contributed by atoms with Crippen molar-refractivity contribution in [1.82, 2.24) is 0 Å². The molecule has 0 aliphatic carbocycles. The van der Waals surface area contributed by atoms with Gasteiger partial charge in [0.2, 0.25) is 0 Å². The molecule has 0 atom stereocenters. The second kappa shape index (κ2) is 8.25. The first-order chi connectivity index (χ1) is 9.08. The van der Waals surface area contributed by atoms with Gasteiger partial charge in [-0.1, -0.05) is 6.92 Å². The highest BCUT2D eigenvalue weighted by Crippen LogP contribution is 2.52. The zero-order valence-corrected chi connectivity index (χ0v) is 14.4. The van der Waals surface area contributed by atoms with Crippen LogP contribution in [0.2, 0.25) is 0 Å². The molecule has 1 aromatic rings. The lowest BCUT2D eigenvalue weighted by Gasteiger charge is -2.20. The fourth-order valence-electron chi connectivity index (χ4n) is 1.24. The Kier molecular flexibility index (Phi) is 7.37. The highest BCUT2D eigenvalue weighted by atomic mass is 32.5. The monoisotopic (exact) mass is 337 g/mol. The highest BCUT2D eigenvalue weighted by molar-refractivity contribution is 8.07. The first-order valence-corrected chi connectivity index (χ1v) is 10.2. The molecule has 0 N–H and O–H groups in total. The molecule has 1 aromatic heterocycles. The summed E-state index contributed by atoms with van der Waals surface area (Å²) in [5.74, 6) is 1.41. The van der Waals surface area contributed by atoms with Gasteiger partial charge in [-0.2, -0.15) is 5.26 Å². The van der Waals surface area contributed by atoms with Crippen molar-refractivity contribution in [1.29, 1.82) is 5.26 Å². The van der Waals surface area contributed by atoms with Crippen molar-refractivity contribution in [3.05, 3.63) is 10.9 Å². The van der Waals surface area contributed by atoms with Gasteiger partial charge in [-0.25, -0.2) is 0 Å². The van der Waals surface area contributed by atoms with E-state index in [9.17, 15) is 0 Å². The summed E-state index contributed by atoms with van der Waals surface area (Å²) in [6, 6.07) is 3.95. The normalized spacial score (nSPS) is 11.3. The van der Waals surface area contributed by atoms with Gasteiger partial charge < -0.3 is 4.52 Å². The van der Waals surface area contributed by atoms with Crippen LogP contribution in [0.25, 0.3) is 0 Å². The van der Waals surface area contributed by atoms with Gasteiger partial charge in [-0.15, -0.1) is 23.1 Å². The van der Waals surface area contributed by atoms with Gasteiger partial charge in [0, 0.05) is 17.9 Å². The van der Waals surface area contributed by atoms with E-state index >= 15 is 0 Å². The third-order valence-corrected chi connectivity index (χ3v) is 6.38. The molecule has 0 aliphatic rings. The molecule has 0 spiro atoms. The number of hydrogen-bond donors (Lipinski definition) is 0. The van der Waals surface area contributed by atoms with E-state index in [2.05, 4.69) is 13.0 Å². The molecule has 4 nitrogen and oxygen atoms in total. The molecule has 0 bridgehead atoms. The number of nitrogens with zero attached hydrogens (tertiary/aromatic N) is 1. The van der Waals surface area contributed by atoms with Crippen LogP contribution >= 0.6 is 29.8 Å². The summed E-state index contributed by atoms with van der Waals surface area (Å²) in [6.45, 7) is 3.75. The molecular formula is C11H16NO3PS3. The minimum atomic E-state index is -2.81. The maximum Gasteiger partial charge on any atom is 0.380 e. The molecule has 0 saturated carbocycles. The van der Waals surface area contributed by atoms with E-state index in [-0.39, 0.29) is 0 Å². The number of thiophene rings is 1. The lowest BCUT2D eigenvalue weighted by atomic mass is 10.5. The van der Waals surface area contributed by atoms with Gasteiger partial charge in [-0.05, 0) is 19.6 Å². The Morgan fingerprint density at radius 2 is 2.00 bits per heavy atom. The molecular weight excluding hydrogens is 321 g/mol. The van der Waals surface area contributed by atoms with Crippen LogP contribution < -0.4 is 4.52 Å². The number of thioether (sulfide) groups is 1. The Morgan fingerprint density at radius 1 is 1.37 bits per heavy atom. The Bertz CT molecular complexity index is 488. The van der Waals surface area contributed by atoms with Gasteiger partial charge in [-0.3, -0.25) is 9.05 Å². The summed E-state index contributed by atoms with van der Waals surface area (Å²) in [4.78, 5) is 0.504. The summed E-state index contributed by atoms with van der Waals surface area (Å²) in [5.41, 5.74) is 0.